The highest BCUT2D eigenvalue weighted by atomic mass is 16.5. The number of rotatable bonds is 6. The summed E-state index contributed by atoms with van der Waals surface area (Å²) in [4.78, 5) is 0. The van der Waals surface area contributed by atoms with E-state index in [1.807, 2.05) is 0 Å². The van der Waals surface area contributed by atoms with Crippen LogP contribution in [0.15, 0.2) is 0 Å². The third-order valence-electron chi connectivity index (χ3n) is 3.65. The highest BCUT2D eigenvalue weighted by molar-refractivity contribution is 4.80. The van der Waals surface area contributed by atoms with Crippen LogP contribution in [0.2, 0.25) is 0 Å². The van der Waals surface area contributed by atoms with Crippen LogP contribution in [0.4, 0.5) is 0 Å². The minimum absolute atomic E-state index is 0.0529. The van der Waals surface area contributed by atoms with Gasteiger partial charge in [0.1, 0.15) is 0 Å². The maximum absolute atomic E-state index is 6.20. The van der Waals surface area contributed by atoms with E-state index in [0.29, 0.717) is 12.1 Å². The summed E-state index contributed by atoms with van der Waals surface area (Å²) in [5, 5.41) is 3.63. The highest BCUT2D eigenvalue weighted by Gasteiger charge is 2.27. The van der Waals surface area contributed by atoms with Gasteiger partial charge in [-0.2, -0.15) is 0 Å². The van der Waals surface area contributed by atoms with Gasteiger partial charge in [0.25, 0.3) is 0 Å². The Morgan fingerprint density at radius 3 is 2.62 bits per heavy atom. The van der Waals surface area contributed by atoms with Crippen molar-refractivity contribution in [3.05, 3.63) is 0 Å². The van der Waals surface area contributed by atoms with Crippen LogP contribution in [0.3, 0.4) is 0 Å². The van der Waals surface area contributed by atoms with Crippen molar-refractivity contribution < 1.29 is 4.74 Å². The van der Waals surface area contributed by atoms with Crippen LogP contribution in [-0.4, -0.2) is 24.3 Å². The molecule has 0 radical (unpaired) electrons. The van der Waals surface area contributed by atoms with Crippen molar-refractivity contribution in [3.8, 4) is 0 Å². The molecule has 2 unspecified atom stereocenters. The van der Waals surface area contributed by atoms with Gasteiger partial charge < -0.3 is 10.1 Å². The van der Waals surface area contributed by atoms with Gasteiger partial charge in [0.2, 0.25) is 0 Å². The Morgan fingerprint density at radius 1 is 1.25 bits per heavy atom. The Bertz CT molecular complexity index is 191. The van der Waals surface area contributed by atoms with Crippen molar-refractivity contribution in [2.45, 2.75) is 84.0 Å². The van der Waals surface area contributed by atoms with Gasteiger partial charge in [0.05, 0.1) is 11.7 Å². The Hall–Kier alpha value is -0.0800. The van der Waals surface area contributed by atoms with Crippen LogP contribution in [0.5, 0.6) is 0 Å². The van der Waals surface area contributed by atoms with Crippen LogP contribution in [0, 0.1) is 0 Å². The third kappa shape index (κ3) is 4.84. The maximum Gasteiger partial charge on any atom is 0.0627 e. The molecular weight excluding hydrogens is 198 g/mol. The van der Waals surface area contributed by atoms with E-state index in [0.717, 1.165) is 13.0 Å². The fourth-order valence-corrected chi connectivity index (χ4v) is 2.32. The molecule has 0 spiro atoms. The van der Waals surface area contributed by atoms with Gasteiger partial charge >= 0.3 is 0 Å². The minimum atomic E-state index is 0.0529. The van der Waals surface area contributed by atoms with Crippen molar-refractivity contribution in [2.75, 3.05) is 6.54 Å². The average molecular weight is 227 g/mol. The molecule has 0 amide bonds. The number of hydrogen-bond acceptors (Lipinski definition) is 2. The fourth-order valence-electron chi connectivity index (χ4n) is 2.32. The quantitative estimate of drug-likeness (QED) is 0.750. The number of nitrogens with one attached hydrogen (secondary N) is 1. The molecule has 1 saturated carbocycles. The molecule has 0 saturated heterocycles. The molecule has 0 bridgehead atoms. The van der Waals surface area contributed by atoms with Gasteiger partial charge in [-0.15, -0.1) is 0 Å². The first-order valence-electron chi connectivity index (χ1n) is 6.98. The van der Waals surface area contributed by atoms with Crippen LogP contribution in [0.1, 0.15) is 66.2 Å². The van der Waals surface area contributed by atoms with E-state index in [2.05, 4.69) is 33.0 Å². The Balaban J connectivity index is 2.32. The first-order valence-corrected chi connectivity index (χ1v) is 6.98. The van der Waals surface area contributed by atoms with Gasteiger partial charge in [0, 0.05) is 6.04 Å². The number of ether oxygens (including phenoxy) is 1. The van der Waals surface area contributed by atoms with Crippen LogP contribution in [-0.2, 0) is 4.74 Å². The largest absolute Gasteiger partial charge is 0.372 e. The molecule has 1 rings (SSSR count). The summed E-state index contributed by atoms with van der Waals surface area (Å²) in [7, 11) is 0. The summed E-state index contributed by atoms with van der Waals surface area (Å²) < 4.78 is 6.20. The van der Waals surface area contributed by atoms with Crippen molar-refractivity contribution in [2.24, 2.45) is 0 Å². The normalized spacial score (nSPS) is 27.0. The zero-order valence-corrected chi connectivity index (χ0v) is 11.5. The summed E-state index contributed by atoms with van der Waals surface area (Å²) in [6, 6.07) is 0.686. The predicted octanol–water partition coefficient (Wildman–Crippen LogP) is 3.50. The van der Waals surface area contributed by atoms with Crippen LogP contribution < -0.4 is 5.32 Å². The van der Waals surface area contributed by atoms with Gasteiger partial charge in [-0.25, -0.2) is 0 Å². The molecular formula is C14H29NO. The third-order valence-corrected chi connectivity index (χ3v) is 3.65. The summed E-state index contributed by atoms with van der Waals surface area (Å²) in [5.74, 6) is 0. The summed E-state index contributed by atoms with van der Waals surface area (Å²) in [6.07, 6.45) is 7.87. The monoisotopic (exact) mass is 227 g/mol. The second kappa shape index (κ2) is 6.61. The SMILES string of the molecule is CCCNC1CCCC(OC(C)(C)CC)C1. The second-order valence-electron chi connectivity index (χ2n) is 5.67. The second-order valence-corrected chi connectivity index (χ2v) is 5.67. The lowest BCUT2D eigenvalue weighted by molar-refractivity contribution is -0.0897. The van der Waals surface area contributed by atoms with Crippen molar-refractivity contribution in [3.63, 3.8) is 0 Å². The van der Waals surface area contributed by atoms with Gasteiger partial charge in [-0.1, -0.05) is 13.8 Å². The van der Waals surface area contributed by atoms with Crippen molar-refractivity contribution >= 4 is 0 Å². The Labute approximate surface area is 101 Å². The molecule has 0 aromatic rings. The molecule has 1 fully saturated rings. The predicted molar refractivity (Wildman–Crippen MR) is 69.8 cm³/mol. The Morgan fingerprint density at radius 2 is 2.00 bits per heavy atom. The standard InChI is InChI=1S/C14H29NO/c1-5-10-15-12-8-7-9-13(11-12)16-14(3,4)6-2/h12-13,15H,5-11H2,1-4H3. The highest BCUT2D eigenvalue weighted by Crippen LogP contribution is 2.26. The van der Waals surface area contributed by atoms with Gasteiger partial charge in [-0.3, -0.25) is 0 Å². The van der Waals surface area contributed by atoms with Crippen LogP contribution >= 0.6 is 0 Å². The maximum atomic E-state index is 6.20. The van der Waals surface area contributed by atoms with E-state index < -0.39 is 0 Å². The van der Waals surface area contributed by atoms with Crippen LogP contribution in [0.25, 0.3) is 0 Å². The topological polar surface area (TPSA) is 21.3 Å². The number of hydrogen-bond donors (Lipinski definition) is 1. The molecule has 1 aliphatic rings. The van der Waals surface area contributed by atoms with E-state index in [1.54, 1.807) is 0 Å². The average Bonchev–Trinajstić information content (AvgIpc) is 2.26. The zero-order valence-electron chi connectivity index (χ0n) is 11.5. The molecule has 96 valence electrons. The van der Waals surface area contributed by atoms with E-state index in [1.165, 1.54) is 32.1 Å². The first kappa shape index (κ1) is 14.0. The van der Waals surface area contributed by atoms with Gasteiger partial charge in [0.15, 0.2) is 0 Å². The molecule has 0 aliphatic heterocycles. The molecule has 2 nitrogen and oxygen atoms in total. The molecule has 1 N–H and O–H groups in total. The Kier molecular flexibility index (Phi) is 5.77. The van der Waals surface area contributed by atoms with Gasteiger partial charge in [-0.05, 0) is 58.9 Å². The summed E-state index contributed by atoms with van der Waals surface area (Å²) in [5.41, 5.74) is 0.0529. The lowest BCUT2D eigenvalue weighted by Crippen LogP contribution is -2.40. The molecule has 2 heteroatoms. The molecule has 0 aromatic heterocycles. The van der Waals surface area contributed by atoms with E-state index in [4.69, 9.17) is 4.74 Å². The minimum Gasteiger partial charge on any atom is -0.372 e. The van der Waals surface area contributed by atoms with E-state index >= 15 is 0 Å². The first-order chi connectivity index (χ1) is 7.57. The lowest BCUT2D eigenvalue weighted by Gasteiger charge is -2.35. The molecule has 16 heavy (non-hydrogen) atoms. The van der Waals surface area contributed by atoms with E-state index in [9.17, 15) is 0 Å². The molecule has 0 aromatic carbocycles. The molecule has 1 aliphatic carbocycles. The summed E-state index contributed by atoms with van der Waals surface area (Å²) in [6.45, 7) is 9.99. The van der Waals surface area contributed by atoms with Crippen molar-refractivity contribution in [1.29, 1.82) is 0 Å². The molecule has 0 heterocycles. The smallest absolute Gasteiger partial charge is 0.0627 e. The fraction of sp³-hybridized carbons (Fsp3) is 1.00. The zero-order chi connectivity index (χ0) is 12.0. The summed E-state index contributed by atoms with van der Waals surface area (Å²) >= 11 is 0. The molecule has 2 atom stereocenters. The van der Waals surface area contributed by atoms with Crippen molar-refractivity contribution in [1.82, 2.24) is 5.32 Å². The van der Waals surface area contributed by atoms with E-state index in [-0.39, 0.29) is 5.60 Å². The lowest BCUT2D eigenvalue weighted by atomic mass is 9.92.